The Hall–Kier alpha value is -1.62. The number of nitrogens with one attached hydrogen (secondary N) is 1. The van der Waals surface area contributed by atoms with Crippen LogP contribution in [0.15, 0.2) is 48.5 Å². The van der Waals surface area contributed by atoms with Crippen LogP contribution in [0.2, 0.25) is 0 Å². The summed E-state index contributed by atoms with van der Waals surface area (Å²) in [6.45, 7) is 5.65. The molecule has 0 amide bonds. The minimum atomic E-state index is -0.231. The molecule has 2 aromatic rings. The van der Waals surface area contributed by atoms with Crippen LogP contribution in [-0.2, 0) is 17.9 Å². The van der Waals surface area contributed by atoms with Gasteiger partial charge in [-0.2, -0.15) is 0 Å². The molecule has 2 aromatic carbocycles. The highest BCUT2D eigenvalue weighted by Gasteiger charge is 2.03. The fourth-order valence-corrected chi connectivity index (χ4v) is 2.20. The second kappa shape index (κ2) is 11.8. The molecule has 0 aliphatic heterocycles. The Balaban J connectivity index is 0.00000288. The largest absolute Gasteiger partial charge is 0.489 e. The second-order valence-corrected chi connectivity index (χ2v) is 5.25. The van der Waals surface area contributed by atoms with Gasteiger partial charge in [-0.15, -0.1) is 12.4 Å². The van der Waals surface area contributed by atoms with Gasteiger partial charge >= 0.3 is 0 Å². The van der Waals surface area contributed by atoms with E-state index in [1.54, 1.807) is 12.1 Å². The Morgan fingerprint density at radius 2 is 1.79 bits per heavy atom. The van der Waals surface area contributed by atoms with E-state index in [9.17, 15) is 4.39 Å². The SMILES string of the molecule is CCOCCCNCc1ccccc1OCc1ccc(F)cc1.Cl. The third kappa shape index (κ3) is 7.30. The molecule has 24 heavy (non-hydrogen) atoms. The summed E-state index contributed by atoms with van der Waals surface area (Å²) < 4.78 is 24.1. The Morgan fingerprint density at radius 1 is 1.04 bits per heavy atom. The monoisotopic (exact) mass is 353 g/mol. The molecule has 0 aliphatic rings. The molecule has 3 nitrogen and oxygen atoms in total. The van der Waals surface area contributed by atoms with Crippen LogP contribution >= 0.6 is 12.4 Å². The van der Waals surface area contributed by atoms with E-state index in [0.717, 1.165) is 49.6 Å². The molecule has 0 aromatic heterocycles. The maximum atomic E-state index is 12.9. The van der Waals surface area contributed by atoms with Crippen LogP contribution in [0.25, 0.3) is 0 Å². The van der Waals surface area contributed by atoms with Gasteiger partial charge in [0.1, 0.15) is 18.2 Å². The quantitative estimate of drug-likeness (QED) is 0.644. The van der Waals surface area contributed by atoms with Crippen molar-refractivity contribution in [3.8, 4) is 5.75 Å². The van der Waals surface area contributed by atoms with Crippen molar-refractivity contribution in [3.05, 3.63) is 65.5 Å². The first-order valence-electron chi connectivity index (χ1n) is 8.03. The number of hydrogen-bond donors (Lipinski definition) is 1. The number of para-hydroxylation sites is 1. The molecule has 0 unspecified atom stereocenters. The van der Waals surface area contributed by atoms with Crippen LogP contribution in [0.4, 0.5) is 4.39 Å². The lowest BCUT2D eigenvalue weighted by Crippen LogP contribution is -2.17. The van der Waals surface area contributed by atoms with Crippen LogP contribution in [0, 0.1) is 5.82 Å². The standard InChI is InChI=1S/C19H24FNO2.ClH/c1-2-22-13-5-12-21-14-17-6-3-4-7-19(17)23-15-16-8-10-18(20)11-9-16;/h3-4,6-11,21H,2,5,12-15H2,1H3;1H. The summed E-state index contributed by atoms with van der Waals surface area (Å²) in [6.07, 6.45) is 0.993. The maximum absolute atomic E-state index is 12.9. The van der Waals surface area contributed by atoms with E-state index in [1.165, 1.54) is 12.1 Å². The van der Waals surface area contributed by atoms with Gasteiger partial charge in [-0.05, 0) is 43.7 Å². The maximum Gasteiger partial charge on any atom is 0.124 e. The van der Waals surface area contributed by atoms with E-state index in [1.807, 2.05) is 25.1 Å². The van der Waals surface area contributed by atoms with Crippen molar-refractivity contribution in [1.29, 1.82) is 0 Å². The van der Waals surface area contributed by atoms with Gasteiger partial charge in [0.25, 0.3) is 0 Å². The highest BCUT2D eigenvalue weighted by Crippen LogP contribution is 2.19. The summed E-state index contributed by atoms with van der Waals surface area (Å²) in [7, 11) is 0. The Labute approximate surface area is 149 Å². The summed E-state index contributed by atoms with van der Waals surface area (Å²) in [6, 6.07) is 14.3. The molecule has 1 N–H and O–H groups in total. The first-order valence-corrected chi connectivity index (χ1v) is 8.03. The number of hydrogen-bond acceptors (Lipinski definition) is 3. The summed E-state index contributed by atoms with van der Waals surface area (Å²) in [4.78, 5) is 0. The molecule has 0 heterocycles. The zero-order valence-corrected chi connectivity index (χ0v) is 14.8. The average Bonchev–Trinajstić information content (AvgIpc) is 2.58. The van der Waals surface area contributed by atoms with Crippen LogP contribution < -0.4 is 10.1 Å². The first kappa shape index (κ1) is 20.4. The van der Waals surface area contributed by atoms with Gasteiger partial charge in [-0.25, -0.2) is 4.39 Å². The Morgan fingerprint density at radius 3 is 2.54 bits per heavy atom. The van der Waals surface area contributed by atoms with Gasteiger partial charge in [0.05, 0.1) is 0 Å². The number of ether oxygens (including phenoxy) is 2. The molecule has 0 atom stereocenters. The molecule has 0 fully saturated rings. The first-order chi connectivity index (χ1) is 11.3. The van der Waals surface area contributed by atoms with E-state index < -0.39 is 0 Å². The van der Waals surface area contributed by atoms with Crippen molar-refractivity contribution in [2.75, 3.05) is 19.8 Å². The van der Waals surface area contributed by atoms with Crippen LogP contribution in [-0.4, -0.2) is 19.8 Å². The highest BCUT2D eigenvalue weighted by atomic mass is 35.5. The lowest BCUT2D eigenvalue weighted by molar-refractivity contribution is 0.144. The average molecular weight is 354 g/mol. The van der Waals surface area contributed by atoms with Gasteiger partial charge in [0.15, 0.2) is 0 Å². The third-order valence-corrected chi connectivity index (χ3v) is 3.44. The summed E-state index contributed by atoms with van der Waals surface area (Å²) >= 11 is 0. The van der Waals surface area contributed by atoms with E-state index in [0.29, 0.717) is 6.61 Å². The van der Waals surface area contributed by atoms with Crippen LogP contribution in [0.1, 0.15) is 24.5 Å². The van der Waals surface area contributed by atoms with Gasteiger partial charge < -0.3 is 14.8 Å². The Kier molecular flexibility index (Phi) is 10.1. The van der Waals surface area contributed by atoms with Crippen LogP contribution in [0.5, 0.6) is 5.75 Å². The molecule has 0 aliphatic carbocycles. The molecule has 0 saturated heterocycles. The minimum Gasteiger partial charge on any atom is -0.489 e. The van der Waals surface area contributed by atoms with Gasteiger partial charge in [-0.3, -0.25) is 0 Å². The molecule has 0 saturated carbocycles. The molecule has 0 radical (unpaired) electrons. The molecule has 0 bridgehead atoms. The van der Waals surface area contributed by atoms with Crippen molar-refractivity contribution < 1.29 is 13.9 Å². The van der Waals surface area contributed by atoms with E-state index in [4.69, 9.17) is 9.47 Å². The zero-order chi connectivity index (χ0) is 16.3. The second-order valence-electron chi connectivity index (χ2n) is 5.25. The number of benzene rings is 2. The van der Waals surface area contributed by atoms with Gasteiger partial charge in [0, 0.05) is 25.3 Å². The molecular weight excluding hydrogens is 329 g/mol. The lowest BCUT2D eigenvalue weighted by atomic mass is 10.2. The third-order valence-electron chi connectivity index (χ3n) is 3.44. The molecule has 0 spiro atoms. The van der Waals surface area contributed by atoms with Crippen molar-refractivity contribution >= 4 is 12.4 Å². The highest BCUT2D eigenvalue weighted by molar-refractivity contribution is 5.85. The van der Waals surface area contributed by atoms with Crippen molar-refractivity contribution in [1.82, 2.24) is 5.32 Å². The van der Waals surface area contributed by atoms with Crippen molar-refractivity contribution in [3.63, 3.8) is 0 Å². The topological polar surface area (TPSA) is 30.5 Å². The summed E-state index contributed by atoms with van der Waals surface area (Å²) in [5, 5.41) is 3.40. The minimum absolute atomic E-state index is 0. The fraction of sp³-hybridized carbons (Fsp3) is 0.368. The predicted molar refractivity (Wildman–Crippen MR) is 97.2 cm³/mol. The molecular formula is C19H25ClFNO2. The number of rotatable bonds is 10. The predicted octanol–water partition coefficient (Wildman–Crippen LogP) is 4.34. The van der Waals surface area contributed by atoms with Crippen molar-refractivity contribution in [2.24, 2.45) is 0 Å². The fourth-order valence-electron chi connectivity index (χ4n) is 2.20. The zero-order valence-electron chi connectivity index (χ0n) is 14.0. The van der Waals surface area contributed by atoms with Gasteiger partial charge in [-0.1, -0.05) is 30.3 Å². The number of halogens is 2. The Bertz CT molecular complexity index is 578. The summed E-state index contributed by atoms with van der Waals surface area (Å²) in [5.41, 5.74) is 2.07. The normalized spacial score (nSPS) is 10.2. The van der Waals surface area contributed by atoms with E-state index in [-0.39, 0.29) is 18.2 Å². The van der Waals surface area contributed by atoms with Crippen LogP contribution in [0.3, 0.4) is 0 Å². The lowest BCUT2D eigenvalue weighted by Gasteiger charge is -2.12. The molecule has 5 heteroatoms. The molecule has 132 valence electrons. The summed E-state index contributed by atoms with van der Waals surface area (Å²) in [5.74, 6) is 0.625. The smallest absolute Gasteiger partial charge is 0.124 e. The van der Waals surface area contributed by atoms with E-state index >= 15 is 0 Å². The molecule has 2 rings (SSSR count). The van der Waals surface area contributed by atoms with E-state index in [2.05, 4.69) is 11.4 Å². The van der Waals surface area contributed by atoms with Crippen molar-refractivity contribution in [2.45, 2.75) is 26.5 Å². The van der Waals surface area contributed by atoms with Gasteiger partial charge in [0.2, 0.25) is 0 Å².